The highest BCUT2D eigenvalue weighted by atomic mass is 32.2. The zero-order valence-corrected chi connectivity index (χ0v) is 34.6. The molecule has 6 amide bonds. The number of hydrogen-bond donors (Lipinski definition) is 9. The van der Waals surface area contributed by atoms with Crippen molar-refractivity contribution in [3.05, 3.63) is 163 Å². The van der Waals surface area contributed by atoms with Crippen LogP contribution in [0.3, 0.4) is 0 Å². The van der Waals surface area contributed by atoms with E-state index < -0.39 is 65.6 Å². The molecule has 63 heavy (non-hydrogen) atoms. The number of hydrogen-bond acceptors (Lipinski definition) is 9. The highest BCUT2D eigenvalue weighted by Crippen LogP contribution is 2.17. The highest BCUT2D eigenvalue weighted by molar-refractivity contribution is 7.89. The first-order valence-corrected chi connectivity index (χ1v) is 22.1. The summed E-state index contributed by atoms with van der Waals surface area (Å²) in [4.78, 5) is 34.9. The predicted molar refractivity (Wildman–Crippen MR) is 231 cm³/mol. The molecule has 0 heterocycles. The lowest BCUT2D eigenvalue weighted by atomic mass is 10.3. The predicted octanol–water partition coefficient (Wildman–Crippen LogP) is 6.35. The first kappa shape index (κ1) is 48.3. The van der Waals surface area contributed by atoms with Gasteiger partial charge in [-0.2, -0.15) is 0 Å². The smallest absolute Gasteiger partial charge is 0.308 e. The van der Waals surface area contributed by atoms with Crippen LogP contribution in [-0.2, 0) is 30.1 Å². The third kappa shape index (κ3) is 16.9. The summed E-state index contributed by atoms with van der Waals surface area (Å²) < 4.78 is 105. The first-order chi connectivity index (χ1) is 29.5. The molecule has 0 saturated heterocycles. The van der Waals surface area contributed by atoms with Gasteiger partial charge in [-0.15, -0.1) is 0 Å². The van der Waals surface area contributed by atoms with Gasteiger partial charge >= 0.3 is 18.1 Å². The van der Waals surface area contributed by atoms with Gasteiger partial charge in [0.05, 0.1) is 14.7 Å². The largest absolute Gasteiger partial charge is 0.323 e. The van der Waals surface area contributed by atoms with E-state index in [9.17, 15) is 52.8 Å². The standard InChI is InChI=1S/3C13H12FN3O3S/c3*14-9-1-3-10(4-2-9)16-13(18)17-11-5-7-12(8-6-11)21(15,19)20/h3*1-8H,(H2,15,19,20)(H2,16,17,18). The van der Waals surface area contributed by atoms with Crippen LogP contribution in [0.4, 0.5) is 61.7 Å². The molecule has 24 heteroatoms. The molecule has 12 N–H and O–H groups in total. The minimum absolute atomic E-state index is 0.0491. The second-order valence-corrected chi connectivity index (χ2v) is 17.2. The summed E-state index contributed by atoms with van der Waals surface area (Å²) in [5.41, 5.74) is 2.45. The summed E-state index contributed by atoms with van der Waals surface area (Å²) in [6.07, 6.45) is 0. The van der Waals surface area contributed by atoms with Gasteiger partial charge < -0.3 is 31.9 Å². The van der Waals surface area contributed by atoms with Crippen molar-refractivity contribution in [1.82, 2.24) is 0 Å². The molecule has 6 aromatic carbocycles. The number of primary sulfonamides is 3. The summed E-state index contributed by atoms with van der Waals surface area (Å²) in [6, 6.07) is 30.3. The molecule has 0 aliphatic heterocycles. The van der Waals surface area contributed by atoms with Crippen LogP contribution in [0.2, 0.25) is 0 Å². The Kier molecular flexibility index (Phi) is 16.4. The second kappa shape index (κ2) is 21.4. The topological polar surface area (TPSA) is 304 Å². The lowest BCUT2D eigenvalue weighted by Gasteiger charge is -2.08. The van der Waals surface area contributed by atoms with Gasteiger partial charge in [0.1, 0.15) is 17.5 Å². The van der Waals surface area contributed by atoms with Crippen molar-refractivity contribution >= 4 is 82.3 Å². The molecule has 0 unspecified atom stereocenters. The SMILES string of the molecule is NS(=O)(=O)c1ccc(NC(=O)Nc2ccc(F)cc2)cc1.NS(=O)(=O)c1ccc(NC(=O)Nc2ccc(F)cc2)cc1.NS(=O)(=O)c1ccc(NC(=O)Nc2ccc(F)cc2)cc1. The van der Waals surface area contributed by atoms with Crippen molar-refractivity contribution in [3.63, 3.8) is 0 Å². The van der Waals surface area contributed by atoms with Crippen molar-refractivity contribution in [2.75, 3.05) is 31.9 Å². The lowest BCUT2D eigenvalue weighted by Crippen LogP contribution is -2.19. The number of nitrogens with two attached hydrogens (primary N) is 3. The minimum atomic E-state index is -3.76. The lowest BCUT2D eigenvalue weighted by molar-refractivity contribution is 0.261. The van der Waals surface area contributed by atoms with E-state index in [1.165, 1.54) is 146 Å². The Morgan fingerprint density at radius 3 is 0.587 bits per heavy atom. The summed E-state index contributed by atoms with van der Waals surface area (Å²) >= 11 is 0. The molecule has 330 valence electrons. The molecule has 0 radical (unpaired) electrons. The summed E-state index contributed by atoms with van der Waals surface area (Å²) in [5, 5.41) is 29.9. The van der Waals surface area contributed by atoms with Gasteiger partial charge in [-0.3, -0.25) is 0 Å². The van der Waals surface area contributed by atoms with Crippen molar-refractivity contribution in [1.29, 1.82) is 0 Å². The number of halogens is 3. The van der Waals surface area contributed by atoms with E-state index in [0.29, 0.717) is 34.1 Å². The quantitative estimate of drug-likeness (QED) is 0.0779. The number of anilines is 6. The molecule has 0 aliphatic carbocycles. The zero-order valence-electron chi connectivity index (χ0n) is 32.1. The van der Waals surface area contributed by atoms with Crippen LogP contribution < -0.4 is 47.3 Å². The number of carbonyl (C=O) groups is 3. The van der Waals surface area contributed by atoms with Crippen LogP contribution in [0.5, 0.6) is 0 Å². The Balaban J connectivity index is 0.000000207. The van der Waals surface area contributed by atoms with E-state index >= 15 is 0 Å². The molecule has 0 atom stereocenters. The van der Waals surface area contributed by atoms with Gasteiger partial charge in [0.2, 0.25) is 30.1 Å². The van der Waals surface area contributed by atoms with Gasteiger partial charge in [-0.25, -0.2) is 68.2 Å². The van der Waals surface area contributed by atoms with Gasteiger partial charge in [-0.05, 0) is 146 Å². The van der Waals surface area contributed by atoms with E-state index in [1.54, 1.807) is 0 Å². The van der Waals surface area contributed by atoms with Crippen LogP contribution in [0.1, 0.15) is 0 Å². The summed E-state index contributed by atoms with van der Waals surface area (Å²) in [5.74, 6) is -1.21. The van der Waals surface area contributed by atoms with E-state index in [4.69, 9.17) is 15.4 Å². The molecule has 0 aromatic heterocycles. The fourth-order valence-corrected chi connectivity index (χ4v) is 6.21. The molecular weight excluding hydrogens is 892 g/mol. The van der Waals surface area contributed by atoms with Crippen LogP contribution >= 0.6 is 0 Å². The maximum atomic E-state index is 12.7. The number of amides is 6. The maximum absolute atomic E-state index is 12.7. The van der Waals surface area contributed by atoms with E-state index in [1.807, 2.05) is 0 Å². The van der Waals surface area contributed by atoms with Gasteiger partial charge in [-0.1, -0.05) is 0 Å². The van der Waals surface area contributed by atoms with Gasteiger partial charge in [0.25, 0.3) is 0 Å². The van der Waals surface area contributed by atoms with E-state index in [-0.39, 0.29) is 14.7 Å². The van der Waals surface area contributed by atoms with Gasteiger partial charge in [0.15, 0.2) is 0 Å². The Bertz CT molecular complexity index is 2550. The van der Waals surface area contributed by atoms with Crippen molar-refractivity contribution < 1.29 is 52.8 Å². The molecule has 0 bridgehead atoms. The van der Waals surface area contributed by atoms with E-state index in [0.717, 1.165) is 0 Å². The Hall–Kier alpha value is -7.35. The number of sulfonamides is 3. The first-order valence-electron chi connectivity index (χ1n) is 17.4. The van der Waals surface area contributed by atoms with Crippen LogP contribution in [0, 0.1) is 17.5 Å². The molecule has 0 spiro atoms. The molecule has 18 nitrogen and oxygen atoms in total. The number of nitrogens with one attached hydrogen (secondary N) is 6. The van der Waals surface area contributed by atoms with Crippen LogP contribution in [0.25, 0.3) is 0 Å². The van der Waals surface area contributed by atoms with Gasteiger partial charge in [0, 0.05) is 34.1 Å². The number of urea groups is 3. The number of carbonyl (C=O) groups excluding carboxylic acids is 3. The fraction of sp³-hybridized carbons (Fsp3) is 0. The number of rotatable bonds is 9. The average Bonchev–Trinajstić information content (AvgIpc) is 3.20. The molecule has 6 aromatic rings. The molecular formula is C39H36F3N9O9S3. The number of benzene rings is 6. The third-order valence-electron chi connectivity index (χ3n) is 7.63. The third-order valence-corrected chi connectivity index (χ3v) is 10.4. The van der Waals surface area contributed by atoms with Crippen molar-refractivity contribution in [2.24, 2.45) is 15.4 Å². The Morgan fingerprint density at radius 2 is 0.444 bits per heavy atom. The Morgan fingerprint density at radius 1 is 0.302 bits per heavy atom. The van der Waals surface area contributed by atoms with Crippen molar-refractivity contribution in [2.45, 2.75) is 14.7 Å². The minimum Gasteiger partial charge on any atom is -0.308 e. The van der Waals surface area contributed by atoms with E-state index in [2.05, 4.69) is 31.9 Å². The molecule has 6 rings (SSSR count). The molecule has 0 aliphatic rings. The average molecular weight is 928 g/mol. The summed E-state index contributed by atoms with van der Waals surface area (Å²) in [7, 11) is -11.3. The summed E-state index contributed by atoms with van der Waals surface area (Å²) in [6.45, 7) is 0. The fourth-order valence-electron chi connectivity index (χ4n) is 4.66. The van der Waals surface area contributed by atoms with Crippen molar-refractivity contribution in [3.8, 4) is 0 Å². The molecule has 0 saturated carbocycles. The highest BCUT2D eigenvalue weighted by Gasteiger charge is 2.11. The Labute approximate surface area is 358 Å². The maximum Gasteiger partial charge on any atom is 0.323 e. The van der Waals surface area contributed by atoms with Crippen LogP contribution in [-0.4, -0.2) is 43.3 Å². The monoisotopic (exact) mass is 927 g/mol. The normalized spacial score (nSPS) is 11.0. The zero-order chi connectivity index (χ0) is 46.4. The molecule has 0 fully saturated rings. The van der Waals surface area contributed by atoms with Crippen LogP contribution in [0.15, 0.2) is 160 Å². The second-order valence-electron chi connectivity index (χ2n) is 12.5.